The fourth-order valence-electron chi connectivity index (χ4n) is 2.81. The summed E-state index contributed by atoms with van der Waals surface area (Å²) in [5, 5.41) is 2.94. The van der Waals surface area contributed by atoms with E-state index in [-0.39, 0.29) is 22.5 Å². The molecule has 0 unspecified atom stereocenters. The highest BCUT2D eigenvalue weighted by Gasteiger charge is 2.53. The SMILES string of the molecule is BC1(B)NC(B)(B)C1Oc1cc(F)cc(F)c1. The van der Waals surface area contributed by atoms with E-state index in [1.165, 1.54) is 12.1 Å². The van der Waals surface area contributed by atoms with Crippen LogP contribution in [0.3, 0.4) is 0 Å². The Bertz CT molecular complexity index is 420. The molecule has 1 fully saturated rings. The van der Waals surface area contributed by atoms with Gasteiger partial charge in [0.1, 0.15) is 54.9 Å². The highest BCUT2D eigenvalue weighted by molar-refractivity contribution is 6.49. The Morgan fingerprint density at radius 1 is 1.00 bits per heavy atom. The van der Waals surface area contributed by atoms with Gasteiger partial charge in [0, 0.05) is 18.2 Å². The molecule has 1 saturated heterocycles. The first-order valence-electron chi connectivity index (χ1n) is 5.63. The van der Waals surface area contributed by atoms with E-state index in [1.807, 2.05) is 31.4 Å². The first-order chi connectivity index (χ1) is 7.71. The van der Waals surface area contributed by atoms with Crippen LogP contribution in [0.1, 0.15) is 0 Å². The number of benzene rings is 1. The molecule has 0 bridgehead atoms. The molecule has 1 heterocycles. The van der Waals surface area contributed by atoms with E-state index in [2.05, 4.69) is 5.32 Å². The molecular formula is C9H13B4F2NO. The van der Waals surface area contributed by atoms with Crippen LogP contribution >= 0.6 is 0 Å². The van der Waals surface area contributed by atoms with Gasteiger partial charge in [-0.25, -0.2) is 8.78 Å². The number of hydrogen-bond donors (Lipinski definition) is 1. The zero-order valence-corrected chi connectivity index (χ0v) is 10.5. The average Bonchev–Trinajstić information content (AvgIpc) is 2.10. The van der Waals surface area contributed by atoms with Crippen LogP contribution in [0.5, 0.6) is 5.75 Å². The Kier molecular flexibility index (Phi) is 2.81. The fourth-order valence-corrected chi connectivity index (χ4v) is 2.81. The van der Waals surface area contributed by atoms with Crippen molar-refractivity contribution < 1.29 is 13.5 Å². The summed E-state index contributed by atoms with van der Waals surface area (Å²) >= 11 is 0. The smallest absolute Gasteiger partial charge is 0.129 e. The molecule has 1 aliphatic rings. The molecule has 0 aliphatic carbocycles. The number of ether oxygens (including phenoxy) is 1. The van der Waals surface area contributed by atoms with Crippen LogP contribution in [0.2, 0.25) is 0 Å². The minimum atomic E-state index is -0.622. The molecule has 1 aromatic carbocycles. The van der Waals surface area contributed by atoms with Crippen molar-refractivity contribution in [1.29, 1.82) is 0 Å². The number of halogens is 2. The van der Waals surface area contributed by atoms with Gasteiger partial charge in [-0.05, 0) is 10.7 Å². The van der Waals surface area contributed by atoms with E-state index in [4.69, 9.17) is 4.74 Å². The second-order valence-corrected chi connectivity index (χ2v) is 5.67. The van der Waals surface area contributed by atoms with Gasteiger partial charge in [-0.2, -0.15) is 0 Å². The molecule has 0 amide bonds. The minimum absolute atomic E-state index is 0.129. The monoisotopic (exact) mass is 233 g/mol. The first-order valence-corrected chi connectivity index (χ1v) is 5.63. The molecule has 2 rings (SSSR count). The molecule has 86 valence electrons. The van der Waals surface area contributed by atoms with E-state index in [9.17, 15) is 8.78 Å². The van der Waals surface area contributed by atoms with Crippen molar-refractivity contribution in [2.45, 2.75) is 16.8 Å². The second kappa shape index (κ2) is 3.80. The van der Waals surface area contributed by atoms with Gasteiger partial charge in [-0.3, -0.25) is 0 Å². The van der Waals surface area contributed by atoms with E-state index in [0.29, 0.717) is 0 Å². The predicted molar refractivity (Wildman–Crippen MR) is 73.5 cm³/mol. The molecule has 1 aliphatic heterocycles. The van der Waals surface area contributed by atoms with Gasteiger partial charge in [-0.15, -0.1) is 0 Å². The van der Waals surface area contributed by atoms with Gasteiger partial charge < -0.3 is 10.1 Å². The van der Waals surface area contributed by atoms with Gasteiger partial charge in [-0.1, -0.05) is 0 Å². The van der Waals surface area contributed by atoms with Gasteiger partial charge in [0.25, 0.3) is 0 Å². The molecule has 0 saturated carbocycles. The lowest BCUT2D eigenvalue weighted by atomic mass is 9.38. The van der Waals surface area contributed by atoms with Crippen molar-refractivity contribution in [1.82, 2.24) is 5.32 Å². The summed E-state index contributed by atoms with van der Waals surface area (Å²) in [4.78, 5) is 0. The second-order valence-electron chi connectivity index (χ2n) is 5.67. The highest BCUT2D eigenvalue weighted by atomic mass is 19.1. The Morgan fingerprint density at radius 3 is 1.88 bits per heavy atom. The summed E-state index contributed by atoms with van der Waals surface area (Å²) < 4.78 is 31.8. The van der Waals surface area contributed by atoms with E-state index < -0.39 is 11.6 Å². The standard InChI is InChI=1S/C9H13B4F2NO/c10-8(11)7(9(12,13)16-8)17-6-2-4(14)1-5(15)3-6/h1-3,7,16H,10-13H2. The van der Waals surface area contributed by atoms with Gasteiger partial charge in [0.05, 0.1) is 0 Å². The Labute approximate surface area is 103 Å². The maximum absolute atomic E-state index is 13.0. The Hall–Kier alpha value is -0.900. The highest BCUT2D eigenvalue weighted by Crippen LogP contribution is 2.30. The molecule has 0 radical (unpaired) electrons. The lowest BCUT2D eigenvalue weighted by Crippen LogP contribution is -2.86. The molecule has 2 nitrogen and oxygen atoms in total. The molecule has 8 heteroatoms. The number of hydrogen-bond acceptors (Lipinski definition) is 2. The topological polar surface area (TPSA) is 21.3 Å². The Morgan fingerprint density at radius 2 is 1.47 bits per heavy atom. The van der Waals surface area contributed by atoms with Crippen LogP contribution < -0.4 is 10.1 Å². The zero-order chi connectivity index (χ0) is 12.8. The fraction of sp³-hybridized carbons (Fsp3) is 0.333. The molecule has 1 N–H and O–H groups in total. The van der Waals surface area contributed by atoms with Crippen molar-refractivity contribution in [2.75, 3.05) is 0 Å². The van der Waals surface area contributed by atoms with Crippen LogP contribution in [0.15, 0.2) is 18.2 Å². The van der Waals surface area contributed by atoms with Crippen molar-refractivity contribution in [2.24, 2.45) is 0 Å². The molecule has 0 atom stereocenters. The summed E-state index contributed by atoms with van der Waals surface area (Å²) in [6.45, 7) is 0. The van der Waals surface area contributed by atoms with Crippen LogP contribution in [0.25, 0.3) is 0 Å². The number of rotatable bonds is 2. The molecule has 1 aromatic rings. The summed E-state index contributed by atoms with van der Waals surface area (Å²) in [6.07, 6.45) is -0.129. The van der Waals surface area contributed by atoms with Crippen LogP contribution in [0, 0.1) is 11.6 Å². The van der Waals surface area contributed by atoms with Crippen LogP contribution in [-0.2, 0) is 0 Å². The minimum Gasteiger partial charge on any atom is -0.489 e. The van der Waals surface area contributed by atoms with Crippen LogP contribution in [-0.4, -0.2) is 48.2 Å². The molecule has 0 aromatic heterocycles. The number of nitrogens with one attached hydrogen (secondary N) is 1. The van der Waals surface area contributed by atoms with Crippen molar-refractivity contribution >= 4 is 31.4 Å². The van der Waals surface area contributed by atoms with Gasteiger partial charge in [0.2, 0.25) is 0 Å². The summed E-state index contributed by atoms with van der Waals surface area (Å²) in [7, 11) is 7.99. The Balaban J connectivity index is 2.20. The third-order valence-electron chi connectivity index (χ3n) is 3.05. The maximum Gasteiger partial charge on any atom is 0.129 e. The first kappa shape index (κ1) is 12.6. The van der Waals surface area contributed by atoms with Gasteiger partial charge >= 0.3 is 0 Å². The molecule has 17 heavy (non-hydrogen) atoms. The largest absolute Gasteiger partial charge is 0.489 e. The normalized spacial score (nSPS) is 21.8. The third kappa shape index (κ3) is 2.37. The van der Waals surface area contributed by atoms with E-state index >= 15 is 0 Å². The van der Waals surface area contributed by atoms with Crippen molar-refractivity contribution in [3.05, 3.63) is 29.8 Å². The quantitative estimate of drug-likeness (QED) is 0.555. The van der Waals surface area contributed by atoms with Crippen LogP contribution in [0.4, 0.5) is 8.78 Å². The molecular weight excluding hydrogens is 219 g/mol. The van der Waals surface area contributed by atoms with Gasteiger partial charge in [0.15, 0.2) is 0 Å². The average molecular weight is 232 g/mol. The van der Waals surface area contributed by atoms with Crippen molar-refractivity contribution in [3.8, 4) is 5.75 Å². The maximum atomic E-state index is 13.0. The summed E-state index contributed by atoms with van der Waals surface area (Å²) in [5.41, 5.74) is 0. The third-order valence-corrected chi connectivity index (χ3v) is 3.05. The summed E-state index contributed by atoms with van der Waals surface area (Å²) in [6, 6.07) is 3.24. The summed E-state index contributed by atoms with van der Waals surface area (Å²) in [5.74, 6) is -1.01. The predicted octanol–water partition coefficient (Wildman–Crippen LogP) is -2.84. The van der Waals surface area contributed by atoms with E-state index in [1.54, 1.807) is 0 Å². The lowest BCUT2D eigenvalue weighted by molar-refractivity contribution is 0.0609. The van der Waals surface area contributed by atoms with E-state index in [0.717, 1.165) is 6.07 Å². The van der Waals surface area contributed by atoms with Crippen molar-refractivity contribution in [3.63, 3.8) is 0 Å². The molecule has 0 spiro atoms. The lowest BCUT2D eigenvalue weighted by Gasteiger charge is -2.59. The zero-order valence-electron chi connectivity index (χ0n) is 10.5.